The molecule has 2 aromatic heterocycles. The molecule has 0 spiro atoms. The summed E-state index contributed by atoms with van der Waals surface area (Å²) in [7, 11) is 0. The average molecular weight is 509 g/mol. The quantitative estimate of drug-likeness (QED) is 0.423. The molecule has 1 aliphatic heterocycles. The number of ether oxygens (including phenoxy) is 3. The zero-order valence-electron chi connectivity index (χ0n) is 20.3. The van der Waals surface area contributed by atoms with Gasteiger partial charge in [-0.15, -0.1) is 0 Å². The van der Waals surface area contributed by atoms with E-state index in [1.807, 2.05) is 27.7 Å². The Morgan fingerprint density at radius 3 is 2.51 bits per heavy atom. The highest BCUT2D eigenvalue weighted by atomic mass is 35.5. The Morgan fingerprint density at radius 1 is 1.23 bits per heavy atom. The van der Waals surface area contributed by atoms with Crippen molar-refractivity contribution in [2.45, 2.75) is 77.7 Å². The van der Waals surface area contributed by atoms with E-state index in [0.717, 1.165) is 0 Å². The van der Waals surface area contributed by atoms with Crippen molar-refractivity contribution in [1.29, 1.82) is 0 Å². The molecule has 1 unspecified atom stereocenters. The normalized spacial score (nSPS) is 24.9. The standard InChI is InChI=1S/C24H30ClFN4O5/c1-13(2)10-17(31)33-15(5)19-20(34-18(32)11-14(3)4)24(26,7-8-25)23(35-19)30-9-6-16-21(27)28-12-29-22(16)30/h6,9,12-15,19-20,23H,10-11H2,1-5H3,(H2,27,28,29)/t15?,19-,20-,23-,24-/m1/s1. The van der Waals surface area contributed by atoms with Crippen LogP contribution < -0.4 is 5.73 Å². The smallest absolute Gasteiger partial charge is 0.306 e. The molecule has 3 heterocycles. The Morgan fingerprint density at radius 2 is 1.89 bits per heavy atom. The largest absolute Gasteiger partial charge is 0.460 e. The fourth-order valence-electron chi connectivity index (χ4n) is 4.04. The molecule has 11 heteroatoms. The molecule has 0 radical (unpaired) electrons. The van der Waals surface area contributed by atoms with Gasteiger partial charge in [0.25, 0.3) is 5.67 Å². The Bertz CT molecular complexity index is 1140. The van der Waals surface area contributed by atoms with Crippen molar-refractivity contribution < 1.29 is 28.2 Å². The molecule has 0 bridgehead atoms. The Hall–Kier alpha value is -2.90. The van der Waals surface area contributed by atoms with Gasteiger partial charge in [-0.05, 0) is 42.3 Å². The van der Waals surface area contributed by atoms with E-state index in [1.165, 1.54) is 17.1 Å². The first-order chi connectivity index (χ1) is 16.5. The van der Waals surface area contributed by atoms with E-state index in [1.54, 1.807) is 13.0 Å². The second-order valence-electron chi connectivity index (χ2n) is 9.46. The Labute approximate surface area is 208 Å². The second-order valence-corrected chi connectivity index (χ2v) is 9.65. The summed E-state index contributed by atoms with van der Waals surface area (Å²) in [6, 6.07) is 1.61. The fraction of sp³-hybridized carbons (Fsp3) is 0.583. The number of nitrogens with zero attached hydrogens (tertiary/aromatic N) is 3. The summed E-state index contributed by atoms with van der Waals surface area (Å²) >= 11 is 5.66. The van der Waals surface area contributed by atoms with Crippen molar-refractivity contribution in [2.24, 2.45) is 11.8 Å². The number of aromatic nitrogens is 3. The molecule has 35 heavy (non-hydrogen) atoms. The van der Waals surface area contributed by atoms with E-state index in [4.69, 9.17) is 31.5 Å². The molecule has 2 aromatic rings. The summed E-state index contributed by atoms with van der Waals surface area (Å²) in [5, 5.41) is 2.55. The highest BCUT2D eigenvalue weighted by Gasteiger charge is 2.62. The number of hydrogen-bond donors (Lipinski definition) is 1. The van der Waals surface area contributed by atoms with E-state index in [0.29, 0.717) is 11.0 Å². The van der Waals surface area contributed by atoms with Crippen molar-refractivity contribution in [2.75, 3.05) is 5.73 Å². The molecule has 0 aromatic carbocycles. The van der Waals surface area contributed by atoms with Crippen molar-refractivity contribution in [1.82, 2.24) is 14.5 Å². The predicted molar refractivity (Wildman–Crippen MR) is 128 cm³/mol. The number of carbonyl (C=O) groups is 2. The lowest BCUT2D eigenvalue weighted by Gasteiger charge is -2.28. The number of esters is 2. The first-order valence-corrected chi connectivity index (χ1v) is 11.8. The molecular weight excluding hydrogens is 479 g/mol. The van der Waals surface area contributed by atoms with Crippen molar-refractivity contribution in [3.05, 3.63) is 18.6 Å². The van der Waals surface area contributed by atoms with Crippen LogP contribution in [0.5, 0.6) is 0 Å². The SMILES string of the molecule is CC(C)CC(=O)OC(C)[C@H]1O[C@@H](n2ccc3c(N)ncnc32)[C@@](F)(C#CCl)[C@@H]1OC(=O)CC(C)C. The third-order valence-corrected chi connectivity index (χ3v) is 5.67. The van der Waals surface area contributed by atoms with Crippen LogP contribution in [0.15, 0.2) is 18.6 Å². The maximum Gasteiger partial charge on any atom is 0.306 e. The molecule has 190 valence electrons. The first kappa shape index (κ1) is 26.7. The number of hydrogen-bond acceptors (Lipinski definition) is 8. The zero-order chi connectivity index (χ0) is 25.9. The van der Waals surface area contributed by atoms with E-state index < -0.39 is 42.1 Å². The number of carbonyl (C=O) groups excluding carboxylic acids is 2. The van der Waals surface area contributed by atoms with Crippen LogP contribution in [0.4, 0.5) is 10.2 Å². The third kappa shape index (κ3) is 5.68. The van der Waals surface area contributed by atoms with Crippen LogP contribution in [-0.2, 0) is 23.8 Å². The van der Waals surface area contributed by atoms with Gasteiger partial charge >= 0.3 is 11.9 Å². The average Bonchev–Trinajstić information content (AvgIpc) is 3.27. The van der Waals surface area contributed by atoms with Gasteiger partial charge < -0.3 is 24.5 Å². The number of fused-ring (bicyclic) bond motifs is 1. The predicted octanol–water partition coefficient (Wildman–Crippen LogP) is 3.75. The minimum absolute atomic E-state index is 0.0263. The van der Waals surface area contributed by atoms with Crippen LogP contribution in [0, 0.1) is 23.1 Å². The lowest BCUT2D eigenvalue weighted by molar-refractivity contribution is -0.168. The molecule has 3 rings (SSSR count). The van der Waals surface area contributed by atoms with Crippen LogP contribution >= 0.6 is 11.6 Å². The van der Waals surface area contributed by atoms with Crippen LogP contribution in [0.25, 0.3) is 11.0 Å². The molecular formula is C24H30ClFN4O5. The van der Waals surface area contributed by atoms with Gasteiger partial charge in [-0.2, -0.15) is 0 Å². The summed E-state index contributed by atoms with van der Waals surface area (Å²) in [5.74, 6) is 1.45. The zero-order valence-corrected chi connectivity index (χ0v) is 21.1. The molecule has 9 nitrogen and oxygen atoms in total. The number of anilines is 1. The van der Waals surface area contributed by atoms with Gasteiger partial charge in [-0.3, -0.25) is 9.59 Å². The van der Waals surface area contributed by atoms with Gasteiger partial charge in [0.1, 0.15) is 30.0 Å². The van der Waals surface area contributed by atoms with Crippen molar-refractivity contribution in [3.8, 4) is 11.3 Å². The molecule has 1 fully saturated rings. The summed E-state index contributed by atoms with van der Waals surface area (Å²) in [5.41, 5.74) is 3.63. The summed E-state index contributed by atoms with van der Waals surface area (Å²) in [4.78, 5) is 33.1. The van der Waals surface area contributed by atoms with Gasteiger partial charge in [0.05, 0.1) is 5.39 Å². The Balaban J connectivity index is 2.05. The number of nitrogens with two attached hydrogens (primary N) is 1. The molecule has 1 saturated heterocycles. The fourth-order valence-corrected chi connectivity index (χ4v) is 4.19. The third-order valence-electron chi connectivity index (χ3n) is 5.58. The maximum atomic E-state index is 16.8. The molecule has 5 atom stereocenters. The number of halogens is 2. The number of nitrogen functional groups attached to an aromatic ring is 1. The summed E-state index contributed by atoms with van der Waals surface area (Å²) in [6.07, 6.45) is -2.13. The highest BCUT2D eigenvalue weighted by molar-refractivity contribution is 6.30. The van der Waals surface area contributed by atoms with Crippen molar-refractivity contribution >= 4 is 40.4 Å². The van der Waals surface area contributed by atoms with Gasteiger partial charge in [-0.25, -0.2) is 14.4 Å². The molecule has 2 N–H and O–H groups in total. The number of rotatable bonds is 8. The second kappa shape index (κ2) is 10.8. The van der Waals surface area contributed by atoms with E-state index in [-0.39, 0.29) is 30.5 Å². The van der Waals surface area contributed by atoms with E-state index >= 15 is 4.39 Å². The van der Waals surface area contributed by atoms with Crippen molar-refractivity contribution in [3.63, 3.8) is 0 Å². The lowest BCUT2D eigenvalue weighted by Crippen LogP contribution is -2.48. The van der Waals surface area contributed by atoms with Gasteiger partial charge in [-0.1, -0.05) is 27.7 Å². The molecule has 1 aliphatic rings. The number of alkyl halides is 1. The minimum atomic E-state index is -2.59. The minimum Gasteiger partial charge on any atom is -0.460 e. The van der Waals surface area contributed by atoms with Crippen LogP contribution in [0.3, 0.4) is 0 Å². The lowest BCUT2D eigenvalue weighted by atomic mass is 9.94. The molecule has 0 aliphatic carbocycles. The Kier molecular flexibility index (Phi) is 8.23. The first-order valence-electron chi connectivity index (χ1n) is 11.4. The van der Waals surface area contributed by atoms with Gasteiger partial charge in [0, 0.05) is 24.4 Å². The molecule has 0 saturated carbocycles. The monoisotopic (exact) mass is 508 g/mol. The van der Waals surface area contributed by atoms with Crippen LogP contribution in [0.2, 0.25) is 0 Å². The summed E-state index contributed by atoms with van der Waals surface area (Å²) < 4.78 is 35.4. The maximum absolute atomic E-state index is 16.8. The topological polar surface area (TPSA) is 119 Å². The van der Waals surface area contributed by atoms with Gasteiger partial charge in [0.2, 0.25) is 0 Å². The van der Waals surface area contributed by atoms with E-state index in [9.17, 15) is 9.59 Å². The van der Waals surface area contributed by atoms with E-state index in [2.05, 4.69) is 21.3 Å². The summed E-state index contributed by atoms with van der Waals surface area (Å²) in [6.45, 7) is 8.97. The van der Waals surface area contributed by atoms with Crippen LogP contribution in [-0.4, -0.2) is 50.5 Å². The van der Waals surface area contributed by atoms with Gasteiger partial charge in [0.15, 0.2) is 12.3 Å². The van der Waals surface area contributed by atoms with Crippen LogP contribution in [0.1, 0.15) is 53.7 Å². The molecule has 0 amide bonds. The highest BCUT2D eigenvalue weighted by Crippen LogP contribution is 2.46.